The summed E-state index contributed by atoms with van der Waals surface area (Å²) in [6.07, 6.45) is 7.25. The van der Waals surface area contributed by atoms with Crippen molar-refractivity contribution in [2.45, 2.75) is 46.0 Å². The first kappa shape index (κ1) is 9.67. The third kappa shape index (κ3) is 5.80. The van der Waals surface area contributed by atoms with Crippen molar-refractivity contribution in [3.05, 3.63) is 0 Å². The van der Waals surface area contributed by atoms with Gasteiger partial charge in [0.25, 0.3) is 0 Å². The van der Waals surface area contributed by atoms with Crippen molar-refractivity contribution in [3.63, 3.8) is 0 Å². The quantitative estimate of drug-likeness (QED) is 0.520. The van der Waals surface area contributed by atoms with Crippen molar-refractivity contribution < 1.29 is 4.79 Å². The number of unbranched alkanes of at least 4 members (excludes halogenated alkanes) is 2. The highest BCUT2D eigenvalue weighted by molar-refractivity contribution is 5.50. The Balaban J connectivity index is 2.95. The molecule has 0 aromatic rings. The lowest BCUT2D eigenvalue weighted by Gasteiger charge is -2.05. The van der Waals surface area contributed by atoms with E-state index in [-0.39, 0.29) is 0 Å². The Bertz CT molecular complexity index is 78.8. The maximum absolute atomic E-state index is 9.79. The van der Waals surface area contributed by atoms with Gasteiger partial charge < -0.3 is 0 Å². The van der Waals surface area contributed by atoms with Crippen molar-refractivity contribution in [2.75, 3.05) is 0 Å². The topological polar surface area (TPSA) is 17.1 Å². The average Bonchev–Trinajstić information content (AvgIpc) is 1.98. The van der Waals surface area contributed by atoms with E-state index in [9.17, 15) is 4.79 Å². The van der Waals surface area contributed by atoms with Crippen LogP contribution in [-0.4, -0.2) is 6.29 Å². The molecule has 1 nitrogen and oxygen atoms in total. The van der Waals surface area contributed by atoms with Crippen molar-refractivity contribution >= 4 is 6.29 Å². The second-order valence-corrected chi connectivity index (χ2v) is 2.90. The van der Waals surface area contributed by atoms with E-state index in [1.807, 2.05) is 6.29 Å². The van der Waals surface area contributed by atoms with Crippen LogP contribution in [0.15, 0.2) is 0 Å². The van der Waals surface area contributed by atoms with Crippen LogP contribution in [0.2, 0.25) is 0 Å². The summed E-state index contributed by atoms with van der Waals surface area (Å²) in [4.78, 5) is 9.79. The van der Waals surface area contributed by atoms with Crippen LogP contribution in [0.3, 0.4) is 0 Å². The molecular formula is C9H17O. The molecule has 0 aliphatic carbocycles. The van der Waals surface area contributed by atoms with E-state index in [0.717, 1.165) is 12.3 Å². The molecule has 0 saturated carbocycles. The number of hydrogen-bond donors (Lipinski definition) is 0. The fourth-order valence-electron chi connectivity index (χ4n) is 0.894. The summed E-state index contributed by atoms with van der Waals surface area (Å²) in [5.41, 5.74) is 0. The monoisotopic (exact) mass is 141 g/mol. The Morgan fingerprint density at radius 2 is 2.10 bits per heavy atom. The van der Waals surface area contributed by atoms with Crippen LogP contribution in [0.1, 0.15) is 46.0 Å². The molecular weight excluding hydrogens is 124 g/mol. The van der Waals surface area contributed by atoms with Gasteiger partial charge in [-0.1, -0.05) is 33.1 Å². The summed E-state index contributed by atoms with van der Waals surface area (Å²) in [5, 5.41) is 0. The summed E-state index contributed by atoms with van der Waals surface area (Å²) < 4.78 is 0. The maximum atomic E-state index is 9.79. The van der Waals surface area contributed by atoms with Gasteiger partial charge in [-0.05, 0) is 12.3 Å². The predicted molar refractivity (Wildman–Crippen MR) is 43.6 cm³/mol. The molecule has 1 atom stereocenters. The molecule has 0 aromatic carbocycles. The molecule has 10 heavy (non-hydrogen) atoms. The van der Waals surface area contributed by atoms with E-state index in [0.29, 0.717) is 6.42 Å². The van der Waals surface area contributed by atoms with Gasteiger partial charge in [0.1, 0.15) is 0 Å². The lowest BCUT2D eigenvalue weighted by molar-refractivity contribution is 0.483. The lowest BCUT2D eigenvalue weighted by Crippen LogP contribution is -1.91. The molecule has 0 unspecified atom stereocenters. The van der Waals surface area contributed by atoms with Crippen LogP contribution in [0.4, 0.5) is 0 Å². The summed E-state index contributed by atoms with van der Waals surface area (Å²) in [7, 11) is 0. The molecule has 0 aliphatic heterocycles. The summed E-state index contributed by atoms with van der Waals surface area (Å²) in [6.45, 7) is 4.46. The van der Waals surface area contributed by atoms with Gasteiger partial charge in [-0.3, -0.25) is 4.79 Å². The van der Waals surface area contributed by atoms with Gasteiger partial charge in [0.2, 0.25) is 0 Å². The molecule has 1 heteroatoms. The first-order chi connectivity index (χ1) is 4.81. The van der Waals surface area contributed by atoms with Gasteiger partial charge >= 0.3 is 0 Å². The molecule has 0 bridgehead atoms. The standard InChI is InChI=1S/C9H17O/c1-3-9(2)7-5-4-6-8-10/h9H,3-7H2,1-2H3/t9-/m1/s1. The van der Waals surface area contributed by atoms with Gasteiger partial charge in [0.05, 0.1) is 0 Å². The molecule has 1 radical (unpaired) electrons. The number of hydrogen-bond acceptors (Lipinski definition) is 1. The fourth-order valence-corrected chi connectivity index (χ4v) is 0.894. The molecule has 0 rings (SSSR count). The molecule has 0 aliphatic rings. The van der Waals surface area contributed by atoms with E-state index in [1.165, 1.54) is 19.3 Å². The zero-order valence-corrected chi connectivity index (χ0v) is 7.02. The van der Waals surface area contributed by atoms with Crippen LogP contribution in [-0.2, 0) is 4.79 Å². The minimum atomic E-state index is 0.621. The third-order valence-electron chi connectivity index (χ3n) is 1.92. The smallest absolute Gasteiger partial charge is 0.198 e. The molecule has 59 valence electrons. The number of rotatable bonds is 6. The summed E-state index contributed by atoms with van der Waals surface area (Å²) >= 11 is 0. The van der Waals surface area contributed by atoms with Crippen LogP contribution in [0, 0.1) is 5.92 Å². The van der Waals surface area contributed by atoms with Gasteiger partial charge in [0.15, 0.2) is 6.29 Å². The zero-order chi connectivity index (χ0) is 7.82. The van der Waals surface area contributed by atoms with Gasteiger partial charge in [-0.15, -0.1) is 0 Å². The van der Waals surface area contributed by atoms with Gasteiger partial charge in [-0.25, -0.2) is 0 Å². The summed E-state index contributed by atoms with van der Waals surface area (Å²) in [6, 6.07) is 0. The normalized spacial score (nSPS) is 13.0. The highest BCUT2D eigenvalue weighted by atomic mass is 16.1. The molecule has 0 aromatic heterocycles. The molecule has 0 heterocycles. The third-order valence-corrected chi connectivity index (χ3v) is 1.92. The van der Waals surface area contributed by atoms with Crippen LogP contribution in [0.5, 0.6) is 0 Å². The molecule has 0 fully saturated rings. The maximum Gasteiger partial charge on any atom is 0.198 e. The van der Waals surface area contributed by atoms with Crippen LogP contribution < -0.4 is 0 Å². The average molecular weight is 141 g/mol. The lowest BCUT2D eigenvalue weighted by atomic mass is 10.0. The Morgan fingerprint density at radius 1 is 1.40 bits per heavy atom. The first-order valence-corrected chi connectivity index (χ1v) is 4.16. The predicted octanol–water partition coefficient (Wildman–Crippen LogP) is 2.70. The zero-order valence-electron chi connectivity index (χ0n) is 7.02. The second kappa shape index (κ2) is 6.79. The van der Waals surface area contributed by atoms with Crippen molar-refractivity contribution in [3.8, 4) is 0 Å². The first-order valence-electron chi connectivity index (χ1n) is 4.16. The van der Waals surface area contributed by atoms with Crippen molar-refractivity contribution in [2.24, 2.45) is 5.92 Å². The van der Waals surface area contributed by atoms with E-state index in [2.05, 4.69) is 13.8 Å². The molecule has 0 amide bonds. The number of carbonyl (C=O) groups excluding carboxylic acids is 1. The minimum absolute atomic E-state index is 0.621. The van der Waals surface area contributed by atoms with E-state index < -0.39 is 0 Å². The van der Waals surface area contributed by atoms with Gasteiger partial charge in [0, 0.05) is 6.42 Å². The highest BCUT2D eigenvalue weighted by Crippen LogP contribution is 2.11. The minimum Gasteiger partial charge on any atom is -0.291 e. The Kier molecular flexibility index (Phi) is 6.56. The highest BCUT2D eigenvalue weighted by Gasteiger charge is 1.96. The van der Waals surface area contributed by atoms with E-state index in [1.54, 1.807) is 0 Å². The molecule has 0 saturated heterocycles. The molecule has 0 N–H and O–H groups in total. The van der Waals surface area contributed by atoms with Crippen LogP contribution in [0.25, 0.3) is 0 Å². The van der Waals surface area contributed by atoms with E-state index >= 15 is 0 Å². The second-order valence-electron chi connectivity index (χ2n) is 2.90. The fraction of sp³-hybridized carbons (Fsp3) is 0.889. The Morgan fingerprint density at radius 3 is 2.60 bits per heavy atom. The van der Waals surface area contributed by atoms with E-state index in [4.69, 9.17) is 0 Å². The largest absolute Gasteiger partial charge is 0.291 e. The van der Waals surface area contributed by atoms with Crippen molar-refractivity contribution in [1.29, 1.82) is 0 Å². The van der Waals surface area contributed by atoms with Crippen LogP contribution >= 0.6 is 0 Å². The Hall–Kier alpha value is -0.330. The SMILES string of the molecule is CC[C@@H](C)CCCC[C]=O. The Labute approximate surface area is 63.8 Å². The van der Waals surface area contributed by atoms with Crippen molar-refractivity contribution in [1.82, 2.24) is 0 Å². The summed E-state index contributed by atoms with van der Waals surface area (Å²) in [5.74, 6) is 0.826. The molecule has 0 spiro atoms. The van der Waals surface area contributed by atoms with Gasteiger partial charge in [-0.2, -0.15) is 0 Å².